The molecule has 0 fully saturated rings. The average Bonchev–Trinajstić information content (AvgIpc) is 2.77. The molecule has 0 radical (unpaired) electrons. The number of halogens is 1. The van der Waals surface area contributed by atoms with Crippen LogP contribution in [0.1, 0.15) is 24.2 Å². The first-order chi connectivity index (χ1) is 8.97. The normalized spacial score (nSPS) is 12.4. The number of rotatable bonds is 4. The van der Waals surface area contributed by atoms with Gasteiger partial charge in [0.25, 0.3) is 5.69 Å². The van der Waals surface area contributed by atoms with Crippen LogP contribution in [0.4, 0.5) is 10.1 Å². The molecule has 1 aromatic heterocycles. The molecule has 7 nitrogen and oxygen atoms in total. The Hall–Kier alpha value is -2.35. The first kappa shape index (κ1) is 13.1. The van der Waals surface area contributed by atoms with E-state index in [-0.39, 0.29) is 23.8 Å². The predicted octanol–water partition coefficient (Wildman–Crippen LogP) is 1.39. The minimum atomic E-state index is -0.557. The Kier molecular flexibility index (Phi) is 3.52. The number of aromatic nitrogens is 3. The number of hydrogen-bond acceptors (Lipinski definition) is 5. The van der Waals surface area contributed by atoms with E-state index >= 15 is 0 Å². The fourth-order valence-electron chi connectivity index (χ4n) is 1.63. The third kappa shape index (κ3) is 2.91. The van der Waals surface area contributed by atoms with Gasteiger partial charge in [0.2, 0.25) is 0 Å². The van der Waals surface area contributed by atoms with Crippen molar-refractivity contribution >= 4 is 5.69 Å². The maximum Gasteiger partial charge on any atom is 0.274 e. The number of nitrogens with zero attached hydrogens (tertiary/aromatic N) is 4. The zero-order valence-electron chi connectivity index (χ0n) is 10.2. The van der Waals surface area contributed by atoms with Gasteiger partial charge >= 0.3 is 0 Å². The second-order valence-electron chi connectivity index (χ2n) is 4.16. The molecule has 2 aromatic rings. The van der Waals surface area contributed by atoms with E-state index < -0.39 is 10.7 Å². The maximum absolute atomic E-state index is 13.2. The second kappa shape index (κ2) is 5.11. The Morgan fingerprint density at radius 1 is 1.58 bits per heavy atom. The monoisotopic (exact) mass is 265 g/mol. The van der Waals surface area contributed by atoms with Crippen LogP contribution < -0.4 is 5.73 Å². The molecule has 0 saturated heterocycles. The third-order valence-corrected chi connectivity index (χ3v) is 2.59. The summed E-state index contributed by atoms with van der Waals surface area (Å²) >= 11 is 0. The highest BCUT2D eigenvalue weighted by Gasteiger charge is 2.16. The molecule has 8 heteroatoms. The highest BCUT2D eigenvalue weighted by atomic mass is 19.1. The molecule has 1 unspecified atom stereocenters. The molecule has 1 aromatic carbocycles. The van der Waals surface area contributed by atoms with Gasteiger partial charge in [-0.2, -0.15) is 0 Å². The van der Waals surface area contributed by atoms with Gasteiger partial charge in [-0.15, -0.1) is 5.10 Å². The fourth-order valence-corrected chi connectivity index (χ4v) is 1.63. The van der Waals surface area contributed by atoms with Gasteiger partial charge in [-0.05, 0) is 19.1 Å². The Bertz CT molecular complexity index is 611. The lowest BCUT2D eigenvalue weighted by Crippen LogP contribution is -2.05. The van der Waals surface area contributed by atoms with E-state index in [0.717, 1.165) is 18.2 Å². The molecule has 2 N–H and O–H groups in total. The zero-order valence-corrected chi connectivity index (χ0v) is 10.2. The van der Waals surface area contributed by atoms with E-state index in [1.165, 1.54) is 4.68 Å². The lowest BCUT2D eigenvalue weighted by atomic mass is 10.1. The molecule has 0 spiro atoms. The van der Waals surface area contributed by atoms with E-state index in [1.807, 2.05) is 0 Å². The number of nitrogens with two attached hydrogens (primary N) is 1. The first-order valence-corrected chi connectivity index (χ1v) is 5.56. The molecule has 0 aliphatic heterocycles. The lowest BCUT2D eigenvalue weighted by Gasteiger charge is -2.03. The molecule has 2 rings (SSSR count). The smallest absolute Gasteiger partial charge is 0.274 e. The fraction of sp³-hybridized carbons (Fsp3) is 0.273. The van der Waals surface area contributed by atoms with Crippen LogP contribution in [0.2, 0.25) is 0 Å². The summed E-state index contributed by atoms with van der Waals surface area (Å²) in [6, 6.07) is 3.02. The molecule has 1 heterocycles. The Labute approximate surface area is 108 Å². The maximum atomic E-state index is 13.2. The van der Waals surface area contributed by atoms with Crippen molar-refractivity contribution in [3.8, 4) is 0 Å². The van der Waals surface area contributed by atoms with Crippen LogP contribution in [0, 0.1) is 15.9 Å². The molecule has 1 atom stereocenters. The number of hydrogen-bond donors (Lipinski definition) is 1. The van der Waals surface area contributed by atoms with Crippen molar-refractivity contribution in [2.24, 2.45) is 5.73 Å². The highest BCUT2D eigenvalue weighted by molar-refractivity contribution is 5.40. The summed E-state index contributed by atoms with van der Waals surface area (Å²) in [5.41, 5.74) is 6.28. The Balaban J connectivity index is 2.31. The van der Waals surface area contributed by atoms with Crippen molar-refractivity contribution < 1.29 is 9.31 Å². The quantitative estimate of drug-likeness (QED) is 0.665. The van der Waals surface area contributed by atoms with E-state index in [9.17, 15) is 14.5 Å². The minimum Gasteiger partial charge on any atom is -0.323 e. The number of nitro groups is 1. The lowest BCUT2D eigenvalue weighted by molar-refractivity contribution is -0.385. The van der Waals surface area contributed by atoms with Gasteiger partial charge in [0.05, 0.1) is 28.9 Å². The first-order valence-electron chi connectivity index (χ1n) is 5.56. The van der Waals surface area contributed by atoms with Crippen LogP contribution in [0.25, 0.3) is 0 Å². The van der Waals surface area contributed by atoms with Gasteiger partial charge in [-0.1, -0.05) is 5.21 Å². The van der Waals surface area contributed by atoms with Crippen molar-refractivity contribution in [1.29, 1.82) is 0 Å². The van der Waals surface area contributed by atoms with Crippen LogP contribution in [0.15, 0.2) is 24.4 Å². The van der Waals surface area contributed by atoms with Gasteiger partial charge in [-0.25, -0.2) is 9.07 Å². The van der Waals surface area contributed by atoms with E-state index in [4.69, 9.17) is 5.73 Å². The summed E-state index contributed by atoms with van der Waals surface area (Å²) in [4.78, 5) is 10.3. The molecule has 0 amide bonds. The summed E-state index contributed by atoms with van der Waals surface area (Å²) in [6.45, 7) is 1.81. The van der Waals surface area contributed by atoms with Crippen molar-refractivity contribution in [2.45, 2.75) is 19.5 Å². The summed E-state index contributed by atoms with van der Waals surface area (Å²) in [7, 11) is 0. The number of nitro benzene ring substituents is 1. The van der Waals surface area contributed by atoms with Crippen molar-refractivity contribution in [2.75, 3.05) is 0 Å². The van der Waals surface area contributed by atoms with Gasteiger partial charge in [-0.3, -0.25) is 10.1 Å². The molecule has 0 aliphatic carbocycles. The Morgan fingerprint density at radius 2 is 2.32 bits per heavy atom. The largest absolute Gasteiger partial charge is 0.323 e. The van der Waals surface area contributed by atoms with Gasteiger partial charge in [0.15, 0.2) is 0 Å². The molecule has 0 aliphatic rings. The van der Waals surface area contributed by atoms with Crippen molar-refractivity contribution in [1.82, 2.24) is 15.0 Å². The van der Waals surface area contributed by atoms with Gasteiger partial charge < -0.3 is 5.73 Å². The van der Waals surface area contributed by atoms with Crippen LogP contribution in [-0.4, -0.2) is 19.9 Å². The molecule has 0 saturated carbocycles. The molecule has 0 bridgehead atoms. The SMILES string of the molecule is CC(N)c1cn(Cc2cc(F)ccc2[N+](=O)[O-])nn1. The average molecular weight is 265 g/mol. The number of benzene rings is 1. The molecular formula is C11H12FN5O2. The predicted molar refractivity (Wildman–Crippen MR) is 64.8 cm³/mol. The summed E-state index contributed by atoms with van der Waals surface area (Å²) < 4.78 is 14.5. The van der Waals surface area contributed by atoms with Crippen LogP contribution in [0.3, 0.4) is 0 Å². The minimum absolute atomic E-state index is 0.0633. The van der Waals surface area contributed by atoms with Gasteiger partial charge in [0.1, 0.15) is 5.82 Å². The van der Waals surface area contributed by atoms with E-state index in [1.54, 1.807) is 13.1 Å². The van der Waals surface area contributed by atoms with Crippen LogP contribution in [-0.2, 0) is 6.54 Å². The second-order valence-corrected chi connectivity index (χ2v) is 4.16. The summed E-state index contributed by atoms with van der Waals surface area (Å²) in [5.74, 6) is -0.534. The van der Waals surface area contributed by atoms with E-state index in [0.29, 0.717) is 5.69 Å². The van der Waals surface area contributed by atoms with Crippen molar-refractivity contribution in [3.05, 3.63) is 51.6 Å². The standard InChI is InChI=1S/C11H12FN5O2/c1-7(13)10-6-16(15-14-10)5-8-4-9(12)2-3-11(8)17(18)19/h2-4,6-7H,5,13H2,1H3. The summed E-state index contributed by atoms with van der Waals surface area (Å²) in [6.07, 6.45) is 1.58. The molecule has 19 heavy (non-hydrogen) atoms. The molecular weight excluding hydrogens is 253 g/mol. The third-order valence-electron chi connectivity index (χ3n) is 2.59. The van der Waals surface area contributed by atoms with Crippen molar-refractivity contribution in [3.63, 3.8) is 0 Å². The topological polar surface area (TPSA) is 99.9 Å². The zero-order chi connectivity index (χ0) is 14.0. The Morgan fingerprint density at radius 3 is 2.89 bits per heavy atom. The highest BCUT2D eigenvalue weighted by Crippen LogP contribution is 2.20. The van der Waals surface area contributed by atoms with Crippen LogP contribution >= 0.6 is 0 Å². The molecule has 100 valence electrons. The van der Waals surface area contributed by atoms with E-state index in [2.05, 4.69) is 10.3 Å². The summed E-state index contributed by atoms with van der Waals surface area (Å²) in [5, 5.41) is 18.5. The van der Waals surface area contributed by atoms with Gasteiger partial charge in [0, 0.05) is 12.1 Å². The van der Waals surface area contributed by atoms with Crippen LogP contribution in [0.5, 0.6) is 0 Å².